The SMILES string of the molecule is CN(C(=O)c1ccnc(Nc2ccc(F)c(F)c2F)c1)c1ccccc1. The van der Waals surface area contributed by atoms with Gasteiger partial charge in [-0.15, -0.1) is 0 Å². The Morgan fingerprint density at radius 3 is 2.46 bits per heavy atom. The Morgan fingerprint density at radius 2 is 1.73 bits per heavy atom. The van der Waals surface area contributed by atoms with Gasteiger partial charge in [-0.2, -0.15) is 0 Å². The number of halogens is 3. The van der Waals surface area contributed by atoms with Gasteiger partial charge < -0.3 is 10.2 Å². The van der Waals surface area contributed by atoms with Crippen molar-refractivity contribution >= 4 is 23.1 Å². The highest BCUT2D eigenvalue weighted by atomic mass is 19.2. The van der Waals surface area contributed by atoms with E-state index in [1.807, 2.05) is 18.2 Å². The summed E-state index contributed by atoms with van der Waals surface area (Å²) in [5.41, 5.74) is 0.727. The number of benzene rings is 2. The van der Waals surface area contributed by atoms with E-state index in [4.69, 9.17) is 0 Å². The number of anilines is 3. The highest BCUT2D eigenvalue weighted by molar-refractivity contribution is 6.06. The molecule has 2 aromatic carbocycles. The van der Waals surface area contributed by atoms with Gasteiger partial charge in [0.15, 0.2) is 17.5 Å². The van der Waals surface area contributed by atoms with Crippen LogP contribution in [0.15, 0.2) is 60.8 Å². The number of hydrogen-bond acceptors (Lipinski definition) is 3. The number of hydrogen-bond donors (Lipinski definition) is 1. The van der Waals surface area contributed by atoms with Crippen LogP contribution in [0.1, 0.15) is 10.4 Å². The number of nitrogens with one attached hydrogen (secondary N) is 1. The van der Waals surface area contributed by atoms with E-state index in [1.54, 1.807) is 19.2 Å². The third-order valence-corrected chi connectivity index (χ3v) is 3.75. The molecule has 1 amide bonds. The van der Waals surface area contributed by atoms with Crippen LogP contribution in [0, 0.1) is 17.5 Å². The second-order valence-electron chi connectivity index (χ2n) is 5.48. The van der Waals surface area contributed by atoms with Crippen molar-refractivity contribution in [3.63, 3.8) is 0 Å². The number of pyridine rings is 1. The third-order valence-electron chi connectivity index (χ3n) is 3.75. The highest BCUT2D eigenvalue weighted by Gasteiger charge is 2.16. The van der Waals surface area contributed by atoms with E-state index in [0.717, 1.165) is 12.1 Å². The number of carbonyl (C=O) groups is 1. The molecule has 3 aromatic rings. The molecule has 4 nitrogen and oxygen atoms in total. The van der Waals surface area contributed by atoms with Crippen LogP contribution >= 0.6 is 0 Å². The minimum absolute atomic E-state index is 0.127. The smallest absolute Gasteiger partial charge is 0.258 e. The molecule has 1 aromatic heterocycles. The van der Waals surface area contributed by atoms with E-state index in [0.29, 0.717) is 11.3 Å². The van der Waals surface area contributed by atoms with Gasteiger partial charge in [0.05, 0.1) is 5.69 Å². The van der Waals surface area contributed by atoms with Crippen molar-refractivity contribution in [3.05, 3.63) is 83.8 Å². The molecule has 0 unspecified atom stereocenters. The molecule has 26 heavy (non-hydrogen) atoms. The molecule has 1 N–H and O–H groups in total. The van der Waals surface area contributed by atoms with Gasteiger partial charge in [-0.05, 0) is 36.4 Å². The van der Waals surface area contributed by atoms with Crippen LogP contribution in [-0.2, 0) is 0 Å². The average molecular weight is 357 g/mol. The molecule has 132 valence electrons. The fourth-order valence-electron chi connectivity index (χ4n) is 2.35. The fraction of sp³-hybridized carbons (Fsp3) is 0.0526. The van der Waals surface area contributed by atoms with Crippen LogP contribution in [0.25, 0.3) is 0 Å². The molecule has 0 aliphatic carbocycles. The lowest BCUT2D eigenvalue weighted by Crippen LogP contribution is -2.26. The molecule has 3 rings (SSSR count). The second kappa shape index (κ2) is 7.26. The summed E-state index contributed by atoms with van der Waals surface area (Å²) in [5, 5.41) is 2.55. The Morgan fingerprint density at radius 1 is 1.00 bits per heavy atom. The Hall–Kier alpha value is -3.35. The number of aromatic nitrogens is 1. The van der Waals surface area contributed by atoms with Gasteiger partial charge in [-0.3, -0.25) is 4.79 Å². The van der Waals surface area contributed by atoms with Crippen molar-refractivity contribution in [1.29, 1.82) is 0 Å². The number of rotatable bonds is 4. The summed E-state index contributed by atoms with van der Waals surface area (Å²) >= 11 is 0. The summed E-state index contributed by atoms with van der Waals surface area (Å²) < 4.78 is 40.1. The van der Waals surface area contributed by atoms with Crippen molar-refractivity contribution in [2.45, 2.75) is 0 Å². The summed E-state index contributed by atoms with van der Waals surface area (Å²) in [6, 6.07) is 13.8. The fourth-order valence-corrected chi connectivity index (χ4v) is 2.35. The highest BCUT2D eigenvalue weighted by Crippen LogP contribution is 2.23. The van der Waals surface area contributed by atoms with Crippen LogP contribution in [0.5, 0.6) is 0 Å². The largest absolute Gasteiger partial charge is 0.338 e. The maximum absolute atomic E-state index is 13.8. The number of nitrogens with zero attached hydrogens (tertiary/aromatic N) is 2. The first-order valence-corrected chi connectivity index (χ1v) is 7.67. The molecule has 0 spiro atoms. The van der Waals surface area contributed by atoms with E-state index in [9.17, 15) is 18.0 Å². The molecule has 0 saturated heterocycles. The molecule has 0 saturated carbocycles. The summed E-state index contributed by atoms with van der Waals surface area (Å²) in [4.78, 5) is 18.0. The van der Waals surface area contributed by atoms with Gasteiger partial charge in [0.25, 0.3) is 5.91 Å². The van der Waals surface area contributed by atoms with E-state index < -0.39 is 17.5 Å². The van der Waals surface area contributed by atoms with Crippen LogP contribution in [0.2, 0.25) is 0 Å². The topological polar surface area (TPSA) is 45.2 Å². The molecule has 1 heterocycles. The standard InChI is InChI=1S/C19H14F3N3O/c1-25(13-5-3-2-4-6-13)19(26)12-9-10-23-16(11-12)24-15-8-7-14(20)17(21)18(15)22/h2-11H,1H3,(H,23,24). The van der Waals surface area contributed by atoms with E-state index in [2.05, 4.69) is 10.3 Å². The molecule has 0 atom stereocenters. The van der Waals surface area contributed by atoms with Crippen molar-refractivity contribution in [2.75, 3.05) is 17.3 Å². The molecule has 0 radical (unpaired) electrons. The van der Waals surface area contributed by atoms with Gasteiger partial charge in [0, 0.05) is 24.5 Å². The number of carbonyl (C=O) groups excluding carboxylic acids is 1. The van der Waals surface area contributed by atoms with Gasteiger partial charge in [-0.25, -0.2) is 18.2 Å². The lowest BCUT2D eigenvalue weighted by molar-refractivity contribution is 0.0993. The minimum atomic E-state index is -1.58. The molecule has 0 fully saturated rings. The lowest BCUT2D eigenvalue weighted by atomic mass is 10.2. The van der Waals surface area contributed by atoms with Gasteiger partial charge in [0.1, 0.15) is 5.82 Å². The third kappa shape index (κ3) is 3.51. The molecular formula is C19H14F3N3O. The molecule has 0 aliphatic heterocycles. The van der Waals surface area contributed by atoms with Crippen molar-refractivity contribution in [3.8, 4) is 0 Å². The average Bonchev–Trinajstić information content (AvgIpc) is 2.68. The zero-order chi connectivity index (χ0) is 18.7. The van der Waals surface area contributed by atoms with Gasteiger partial charge in [-0.1, -0.05) is 18.2 Å². The Labute approximate surface area is 147 Å². The zero-order valence-electron chi connectivity index (χ0n) is 13.7. The zero-order valence-corrected chi connectivity index (χ0v) is 13.7. The number of amides is 1. The van der Waals surface area contributed by atoms with Crippen LogP contribution in [0.3, 0.4) is 0 Å². The van der Waals surface area contributed by atoms with Crippen LogP contribution < -0.4 is 10.2 Å². The van der Waals surface area contributed by atoms with Gasteiger partial charge in [0.2, 0.25) is 0 Å². The molecule has 0 bridgehead atoms. The van der Waals surface area contributed by atoms with E-state index >= 15 is 0 Å². The van der Waals surface area contributed by atoms with Crippen molar-refractivity contribution < 1.29 is 18.0 Å². The summed E-state index contributed by atoms with van der Waals surface area (Å²) in [7, 11) is 1.63. The summed E-state index contributed by atoms with van der Waals surface area (Å²) in [5.74, 6) is -4.39. The minimum Gasteiger partial charge on any atom is -0.338 e. The van der Waals surface area contributed by atoms with Crippen molar-refractivity contribution in [1.82, 2.24) is 4.98 Å². The molecular weight excluding hydrogens is 343 g/mol. The maximum atomic E-state index is 13.8. The molecule has 7 heteroatoms. The summed E-state index contributed by atoms with van der Waals surface area (Å²) in [6.07, 6.45) is 1.37. The van der Waals surface area contributed by atoms with Gasteiger partial charge >= 0.3 is 0 Å². The monoisotopic (exact) mass is 357 g/mol. The van der Waals surface area contributed by atoms with E-state index in [1.165, 1.54) is 23.2 Å². The predicted molar refractivity (Wildman–Crippen MR) is 93.0 cm³/mol. The number of para-hydroxylation sites is 1. The van der Waals surface area contributed by atoms with Crippen molar-refractivity contribution in [2.24, 2.45) is 0 Å². The van der Waals surface area contributed by atoms with Crippen LogP contribution in [-0.4, -0.2) is 17.9 Å². The quantitative estimate of drug-likeness (QED) is 0.699. The first-order valence-electron chi connectivity index (χ1n) is 7.67. The Balaban J connectivity index is 1.85. The first kappa shape index (κ1) is 17.5. The lowest BCUT2D eigenvalue weighted by Gasteiger charge is -2.17. The molecule has 0 aliphatic rings. The maximum Gasteiger partial charge on any atom is 0.258 e. The first-order chi connectivity index (χ1) is 12.5. The van der Waals surface area contributed by atoms with E-state index in [-0.39, 0.29) is 17.4 Å². The van der Waals surface area contributed by atoms with Crippen LogP contribution in [0.4, 0.5) is 30.4 Å². The Bertz CT molecular complexity index is 948. The predicted octanol–water partition coefficient (Wildman–Crippen LogP) is 4.52. The normalized spacial score (nSPS) is 10.5. The summed E-state index contributed by atoms with van der Waals surface area (Å²) in [6.45, 7) is 0. The second-order valence-corrected chi connectivity index (χ2v) is 5.48. The Kier molecular flexibility index (Phi) is 4.88.